The minimum atomic E-state index is -0.364. The highest BCUT2D eigenvalue weighted by Gasteiger charge is 2.16. The number of rotatable bonds is 13. The van der Waals surface area contributed by atoms with Crippen LogP contribution < -0.4 is 9.61 Å². The van der Waals surface area contributed by atoms with Crippen LogP contribution >= 0.6 is 11.3 Å². The number of hydrogen-bond donors (Lipinski definition) is 1. The molecule has 0 aliphatic rings. The van der Waals surface area contributed by atoms with Crippen LogP contribution in [0.4, 0.5) is 0 Å². The van der Waals surface area contributed by atoms with Gasteiger partial charge in [0.1, 0.15) is 5.75 Å². The summed E-state index contributed by atoms with van der Waals surface area (Å²) < 4.78 is 12.1. The van der Waals surface area contributed by atoms with E-state index in [0.717, 1.165) is 65.0 Å². The predicted octanol–water partition coefficient (Wildman–Crippen LogP) is 4.87. The molecule has 0 spiro atoms. The summed E-state index contributed by atoms with van der Waals surface area (Å²) in [5.74, 6) is 0.231. The second-order valence-electron chi connectivity index (χ2n) is 8.08. The number of hydrogen-bond acceptors (Lipinski definition) is 7. The van der Waals surface area contributed by atoms with Crippen LogP contribution in [0.2, 0.25) is 0 Å². The molecule has 3 aromatic rings. The average molecular weight is 485 g/mol. The maximum atomic E-state index is 12.3. The van der Waals surface area contributed by atoms with Crippen molar-refractivity contribution in [2.45, 2.75) is 65.5 Å². The monoisotopic (exact) mass is 484 g/mol. The molecule has 34 heavy (non-hydrogen) atoms. The maximum absolute atomic E-state index is 12.3. The van der Waals surface area contributed by atoms with Crippen LogP contribution in [0.25, 0.3) is 0 Å². The van der Waals surface area contributed by atoms with Gasteiger partial charge >= 0.3 is 10.8 Å². The predicted molar refractivity (Wildman–Crippen MR) is 133 cm³/mol. The van der Waals surface area contributed by atoms with E-state index >= 15 is 0 Å². The number of nitrogens with zero attached hydrogens (tertiary/aromatic N) is 2. The summed E-state index contributed by atoms with van der Waals surface area (Å²) in [6.45, 7) is 4.42. The van der Waals surface area contributed by atoms with E-state index in [2.05, 4.69) is 24.9 Å². The highest BCUT2D eigenvalue weighted by Crippen LogP contribution is 2.24. The number of benzene rings is 1. The van der Waals surface area contributed by atoms with Gasteiger partial charge in [-0.1, -0.05) is 56.2 Å². The number of aromatic hydroxyl groups is 1. The molecule has 182 valence electrons. The van der Waals surface area contributed by atoms with Crippen LogP contribution in [-0.2, 0) is 35.5 Å². The zero-order valence-electron chi connectivity index (χ0n) is 19.8. The molecule has 0 saturated heterocycles. The number of esters is 1. The third kappa shape index (κ3) is 7.45. The van der Waals surface area contributed by atoms with Crippen molar-refractivity contribution >= 4 is 17.3 Å². The lowest BCUT2D eigenvalue weighted by molar-refractivity contribution is -0.147. The number of thiazole rings is 1. The van der Waals surface area contributed by atoms with E-state index in [1.165, 1.54) is 5.56 Å². The van der Waals surface area contributed by atoms with E-state index in [9.17, 15) is 14.7 Å². The molecule has 8 heteroatoms. The van der Waals surface area contributed by atoms with Gasteiger partial charge in [0.25, 0.3) is 0 Å². The van der Waals surface area contributed by atoms with Gasteiger partial charge in [-0.3, -0.25) is 14.6 Å². The Kier molecular flexibility index (Phi) is 9.70. The minimum Gasteiger partial charge on any atom is -0.494 e. The maximum Gasteiger partial charge on any atom is 0.313 e. The van der Waals surface area contributed by atoms with Crippen LogP contribution in [0.3, 0.4) is 0 Å². The molecule has 0 amide bonds. The lowest BCUT2D eigenvalue weighted by atomic mass is 10.1. The lowest BCUT2D eigenvalue weighted by Gasteiger charge is -2.08. The number of carbonyl (C=O) groups excluding carboxylic acids is 1. The lowest BCUT2D eigenvalue weighted by Crippen LogP contribution is -2.17. The third-order valence-electron chi connectivity index (χ3n) is 5.48. The zero-order valence-corrected chi connectivity index (χ0v) is 20.6. The van der Waals surface area contributed by atoms with Crippen molar-refractivity contribution in [3.63, 3.8) is 0 Å². The first-order valence-corrected chi connectivity index (χ1v) is 12.5. The van der Waals surface area contributed by atoms with Crippen molar-refractivity contribution in [3.05, 3.63) is 74.0 Å². The molecule has 7 nitrogen and oxygen atoms in total. The number of aromatic nitrogens is 2. The highest BCUT2D eigenvalue weighted by atomic mass is 32.1. The molecule has 0 aliphatic heterocycles. The summed E-state index contributed by atoms with van der Waals surface area (Å²) in [5, 5.41) is 10.5. The molecule has 2 heterocycles. The summed E-state index contributed by atoms with van der Waals surface area (Å²) in [6.07, 6.45) is 7.04. The summed E-state index contributed by atoms with van der Waals surface area (Å²) in [5.41, 5.74) is 3.15. The number of aryl methyl sites for hydroxylation is 1. The molecular weight excluding hydrogens is 452 g/mol. The van der Waals surface area contributed by atoms with Gasteiger partial charge in [0.15, 0.2) is 6.73 Å². The molecule has 0 aliphatic carbocycles. The molecule has 0 radical (unpaired) electrons. The second-order valence-corrected chi connectivity index (χ2v) is 9.12. The second kappa shape index (κ2) is 12.9. The normalized spacial score (nSPS) is 10.9. The van der Waals surface area contributed by atoms with E-state index in [0.29, 0.717) is 24.3 Å². The van der Waals surface area contributed by atoms with Crippen LogP contribution in [0.1, 0.15) is 61.2 Å². The molecule has 0 atom stereocenters. The fourth-order valence-corrected chi connectivity index (χ4v) is 4.28. The largest absolute Gasteiger partial charge is 0.494 e. The number of carbonyl (C=O) groups is 1. The van der Waals surface area contributed by atoms with Gasteiger partial charge in [0.2, 0.25) is 5.88 Å². The molecule has 2 aromatic heterocycles. The quantitative estimate of drug-likeness (QED) is 0.275. The van der Waals surface area contributed by atoms with Gasteiger partial charge < -0.3 is 14.6 Å². The Labute approximate surface area is 204 Å². The Morgan fingerprint density at radius 1 is 1.09 bits per heavy atom. The van der Waals surface area contributed by atoms with Crippen molar-refractivity contribution in [1.29, 1.82) is 0 Å². The Morgan fingerprint density at radius 2 is 1.85 bits per heavy atom. The van der Waals surface area contributed by atoms with Crippen LogP contribution in [-0.4, -0.2) is 27.2 Å². The van der Waals surface area contributed by atoms with Crippen molar-refractivity contribution in [1.82, 2.24) is 9.55 Å². The summed E-state index contributed by atoms with van der Waals surface area (Å²) >= 11 is 0.955. The third-order valence-corrected chi connectivity index (χ3v) is 6.45. The zero-order chi connectivity index (χ0) is 24.3. The number of pyridine rings is 1. The summed E-state index contributed by atoms with van der Waals surface area (Å²) in [7, 11) is 0. The van der Waals surface area contributed by atoms with Crippen molar-refractivity contribution in [3.8, 4) is 11.6 Å². The molecule has 0 bridgehead atoms. The Hall–Kier alpha value is -3.13. The summed E-state index contributed by atoms with van der Waals surface area (Å²) in [4.78, 5) is 28.7. The van der Waals surface area contributed by atoms with Gasteiger partial charge in [0, 0.05) is 31.2 Å². The molecule has 0 unspecified atom stereocenters. The van der Waals surface area contributed by atoms with E-state index in [1.807, 2.05) is 36.5 Å². The first-order valence-electron chi connectivity index (χ1n) is 11.7. The fourth-order valence-electron chi connectivity index (χ4n) is 3.37. The van der Waals surface area contributed by atoms with E-state index < -0.39 is 0 Å². The standard InChI is InChI=1S/C26H32N2O5S/c1-3-5-6-7-24(29)33-18-28-25(30)23(34-26(28)31)16-20-9-12-22(13-10-20)32-15-14-21-11-8-19(4-2)17-27-21/h8-13,17,30H,3-7,14-16,18H2,1-2H3. The minimum absolute atomic E-state index is 0.154. The highest BCUT2D eigenvalue weighted by molar-refractivity contribution is 7.09. The number of ether oxygens (including phenoxy) is 2. The Balaban J connectivity index is 1.50. The van der Waals surface area contributed by atoms with Gasteiger partial charge in [-0.2, -0.15) is 0 Å². The molecule has 0 saturated carbocycles. The molecule has 1 aromatic carbocycles. The first-order chi connectivity index (χ1) is 16.5. The van der Waals surface area contributed by atoms with Crippen molar-refractivity contribution < 1.29 is 19.4 Å². The Bertz CT molecular complexity index is 1100. The smallest absolute Gasteiger partial charge is 0.313 e. The van der Waals surface area contributed by atoms with E-state index in [-0.39, 0.29) is 23.5 Å². The molecule has 1 N–H and O–H groups in total. The van der Waals surface area contributed by atoms with Crippen LogP contribution in [0.5, 0.6) is 11.6 Å². The fraction of sp³-hybridized carbons (Fsp3) is 0.423. The van der Waals surface area contributed by atoms with Crippen molar-refractivity contribution in [2.24, 2.45) is 0 Å². The SMILES string of the molecule is CCCCCC(=O)OCn1c(O)c(Cc2ccc(OCCc3ccc(CC)cn3)cc2)sc1=O. The van der Waals surface area contributed by atoms with Gasteiger partial charge in [0.05, 0.1) is 11.5 Å². The van der Waals surface area contributed by atoms with E-state index in [1.54, 1.807) is 0 Å². The Morgan fingerprint density at radius 3 is 2.53 bits per heavy atom. The molecular formula is C26H32N2O5S. The van der Waals surface area contributed by atoms with Crippen molar-refractivity contribution in [2.75, 3.05) is 6.61 Å². The van der Waals surface area contributed by atoms with Gasteiger partial charge in [-0.25, -0.2) is 4.57 Å². The first kappa shape index (κ1) is 25.5. The number of unbranched alkanes of at least 4 members (excludes halogenated alkanes) is 2. The van der Waals surface area contributed by atoms with Gasteiger partial charge in [-0.15, -0.1) is 0 Å². The van der Waals surface area contributed by atoms with Gasteiger partial charge in [-0.05, 0) is 42.2 Å². The average Bonchev–Trinajstić information content (AvgIpc) is 3.11. The van der Waals surface area contributed by atoms with Crippen LogP contribution in [0.15, 0.2) is 47.4 Å². The van der Waals surface area contributed by atoms with E-state index in [4.69, 9.17) is 9.47 Å². The van der Waals surface area contributed by atoms with Crippen LogP contribution in [0, 0.1) is 0 Å². The topological polar surface area (TPSA) is 90.7 Å². The summed E-state index contributed by atoms with van der Waals surface area (Å²) in [6, 6.07) is 11.7. The molecule has 3 rings (SSSR count). The molecule has 0 fully saturated rings.